The molecule has 4 heteroatoms. The average molecular weight is 343 g/mol. The molecular formula is C19H35FO2Si. The Morgan fingerprint density at radius 3 is 2.30 bits per heavy atom. The zero-order valence-corrected chi connectivity index (χ0v) is 17.0. The van der Waals surface area contributed by atoms with Crippen LogP contribution in [0.3, 0.4) is 0 Å². The summed E-state index contributed by atoms with van der Waals surface area (Å²) in [4.78, 5) is 11.3. The second kappa shape index (κ2) is 5.94. The summed E-state index contributed by atoms with van der Waals surface area (Å²) in [7, 11) is -1.82. The highest BCUT2D eigenvalue weighted by Gasteiger charge is 2.58. The van der Waals surface area contributed by atoms with E-state index < -0.39 is 14.0 Å². The molecule has 2 aliphatic carbocycles. The van der Waals surface area contributed by atoms with Crippen LogP contribution >= 0.6 is 0 Å². The summed E-state index contributed by atoms with van der Waals surface area (Å²) in [5.41, 5.74) is -1.81. The minimum atomic E-state index is -1.82. The number of halogens is 1. The van der Waals surface area contributed by atoms with Gasteiger partial charge in [0.25, 0.3) is 0 Å². The van der Waals surface area contributed by atoms with E-state index in [0.717, 1.165) is 32.1 Å². The van der Waals surface area contributed by atoms with Gasteiger partial charge in [0.1, 0.15) is 0 Å². The van der Waals surface area contributed by atoms with Crippen molar-refractivity contribution in [2.24, 2.45) is 17.3 Å². The van der Waals surface area contributed by atoms with Crippen molar-refractivity contribution in [3.8, 4) is 0 Å². The first-order valence-electron chi connectivity index (χ1n) is 9.18. The summed E-state index contributed by atoms with van der Waals surface area (Å²) in [5.74, 6) is 0.230. The van der Waals surface area contributed by atoms with Crippen LogP contribution in [0.25, 0.3) is 0 Å². The van der Waals surface area contributed by atoms with Crippen LogP contribution in [-0.2, 0) is 9.22 Å². The Bertz CT molecular complexity index is 455. The number of carbonyl (C=O) groups is 1. The predicted octanol–water partition coefficient (Wildman–Crippen LogP) is 5.52. The van der Waals surface area contributed by atoms with Gasteiger partial charge in [-0.2, -0.15) is 0 Å². The standard InChI is InChI=1S/C19H35FO2Si/c1-17(2,3)23(6,7)22-15-9-8-12-18(4)14(15)10-11-16(18)19(5,20)13-21/h13-16H,8-12H2,1-7H3/t14-,15-,16-,18-,19+/m0/s1. The molecule has 0 spiro atoms. The zero-order valence-electron chi connectivity index (χ0n) is 16.0. The van der Waals surface area contributed by atoms with Crippen LogP contribution in [0.5, 0.6) is 0 Å². The fraction of sp³-hybridized carbons (Fsp3) is 0.947. The topological polar surface area (TPSA) is 26.3 Å². The van der Waals surface area contributed by atoms with Gasteiger partial charge in [-0.15, -0.1) is 0 Å². The molecule has 0 radical (unpaired) electrons. The maximum Gasteiger partial charge on any atom is 0.192 e. The molecule has 0 unspecified atom stereocenters. The van der Waals surface area contributed by atoms with E-state index in [9.17, 15) is 9.18 Å². The van der Waals surface area contributed by atoms with Crippen LogP contribution < -0.4 is 0 Å². The van der Waals surface area contributed by atoms with E-state index in [-0.39, 0.29) is 22.5 Å². The Kier molecular flexibility index (Phi) is 4.94. The molecule has 2 aliphatic rings. The number of alkyl halides is 1. The van der Waals surface area contributed by atoms with Gasteiger partial charge in [0, 0.05) is 12.0 Å². The third-order valence-corrected chi connectivity index (χ3v) is 11.7. The Morgan fingerprint density at radius 1 is 1.17 bits per heavy atom. The van der Waals surface area contributed by atoms with Crippen molar-refractivity contribution in [2.45, 2.75) is 96.6 Å². The molecule has 0 aromatic carbocycles. The molecule has 0 saturated heterocycles. The highest BCUT2D eigenvalue weighted by Crippen LogP contribution is 2.60. The van der Waals surface area contributed by atoms with Gasteiger partial charge in [-0.3, -0.25) is 4.79 Å². The van der Waals surface area contributed by atoms with Crippen molar-refractivity contribution < 1.29 is 13.6 Å². The van der Waals surface area contributed by atoms with Gasteiger partial charge in [0.15, 0.2) is 20.3 Å². The van der Waals surface area contributed by atoms with Crippen molar-refractivity contribution >= 4 is 14.6 Å². The average Bonchev–Trinajstić information content (AvgIpc) is 2.76. The minimum absolute atomic E-state index is 0.101. The quantitative estimate of drug-likeness (QED) is 0.496. The number of rotatable bonds is 4. The highest BCUT2D eigenvalue weighted by atomic mass is 28.4. The molecule has 2 fully saturated rings. The van der Waals surface area contributed by atoms with Crippen molar-refractivity contribution in [2.75, 3.05) is 0 Å². The van der Waals surface area contributed by atoms with Crippen LogP contribution in [0.2, 0.25) is 18.1 Å². The first-order valence-corrected chi connectivity index (χ1v) is 12.1. The Balaban J connectivity index is 2.23. The molecule has 0 aliphatic heterocycles. The van der Waals surface area contributed by atoms with Crippen LogP contribution in [0.4, 0.5) is 4.39 Å². The molecule has 0 bridgehead atoms. The lowest BCUT2D eigenvalue weighted by atomic mass is 9.61. The van der Waals surface area contributed by atoms with Crippen molar-refractivity contribution in [1.29, 1.82) is 0 Å². The van der Waals surface area contributed by atoms with Gasteiger partial charge in [0.2, 0.25) is 0 Å². The van der Waals surface area contributed by atoms with E-state index in [0.29, 0.717) is 12.2 Å². The number of hydrogen-bond donors (Lipinski definition) is 0. The summed E-state index contributed by atoms with van der Waals surface area (Å²) in [5, 5.41) is 0.191. The van der Waals surface area contributed by atoms with Crippen molar-refractivity contribution in [3.63, 3.8) is 0 Å². The fourth-order valence-electron chi connectivity index (χ4n) is 4.82. The summed E-state index contributed by atoms with van der Waals surface area (Å²) >= 11 is 0. The van der Waals surface area contributed by atoms with Crippen LogP contribution in [0, 0.1) is 17.3 Å². The first-order chi connectivity index (χ1) is 10.4. The Morgan fingerprint density at radius 2 is 1.78 bits per heavy atom. The molecule has 0 amide bonds. The third kappa shape index (κ3) is 3.30. The molecule has 2 rings (SSSR count). The second-order valence-electron chi connectivity index (χ2n) is 9.82. The lowest BCUT2D eigenvalue weighted by Gasteiger charge is -2.50. The summed E-state index contributed by atoms with van der Waals surface area (Å²) in [6, 6.07) is 0. The Labute approximate surface area is 142 Å². The van der Waals surface area contributed by atoms with E-state index in [4.69, 9.17) is 4.43 Å². The van der Waals surface area contributed by atoms with Crippen LogP contribution in [-0.4, -0.2) is 26.4 Å². The number of fused-ring (bicyclic) bond motifs is 1. The van der Waals surface area contributed by atoms with Gasteiger partial charge >= 0.3 is 0 Å². The number of carbonyl (C=O) groups excluding carboxylic acids is 1. The van der Waals surface area contributed by atoms with E-state index in [1.807, 2.05) is 0 Å². The smallest absolute Gasteiger partial charge is 0.192 e. The number of aldehydes is 1. The maximum absolute atomic E-state index is 14.8. The van der Waals surface area contributed by atoms with Gasteiger partial charge in [-0.25, -0.2) is 4.39 Å². The molecule has 0 N–H and O–H groups in total. The minimum Gasteiger partial charge on any atom is -0.414 e. The van der Waals surface area contributed by atoms with Crippen LogP contribution in [0.15, 0.2) is 0 Å². The molecule has 0 aromatic heterocycles. The lowest BCUT2D eigenvalue weighted by molar-refractivity contribution is -0.125. The normalized spacial score (nSPS) is 38.0. The van der Waals surface area contributed by atoms with Crippen LogP contribution in [0.1, 0.15) is 66.7 Å². The van der Waals surface area contributed by atoms with Crippen molar-refractivity contribution in [1.82, 2.24) is 0 Å². The highest BCUT2D eigenvalue weighted by molar-refractivity contribution is 6.74. The third-order valence-electron chi connectivity index (χ3n) is 7.23. The molecule has 134 valence electrons. The van der Waals surface area contributed by atoms with Gasteiger partial charge in [0.05, 0.1) is 0 Å². The molecular weight excluding hydrogens is 307 g/mol. The maximum atomic E-state index is 14.8. The monoisotopic (exact) mass is 342 g/mol. The van der Waals surface area contributed by atoms with Gasteiger partial charge in [-0.05, 0) is 62.1 Å². The summed E-state index contributed by atoms with van der Waals surface area (Å²) < 4.78 is 21.5. The summed E-state index contributed by atoms with van der Waals surface area (Å²) in [6.07, 6.45) is 5.76. The van der Waals surface area contributed by atoms with E-state index in [1.54, 1.807) is 0 Å². The van der Waals surface area contributed by atoms with E-state index in [2.05, 4.69) is 40.8 Å². The van der Waals surface area contributed by atoms with Gasteiger partial charge in [-0.1, -0.05) is 34.1 Å². The zero-order chi connectivity index (χ0) is 17.7. The number of hydrogen-bond acceptors (Lipinski definition) is 2. The molecule has 0 heterocycles. The van der Waals surface area contributed by atoms with Crippen molar-refractivity contribution in [3.05, 3.63) is 0 Å². The van der Waals surface area contributed by atoms with Gasteiger partial charge < -0.3 is 4.43 Å². The fourth-order valence-corrected chi connectivity index (χ4v) is 6.22. The largest absolute Gasteiger partial charge is 0.414 e. The van der Waals surface area contributed by atoms with E-state index >= 15 is 0 Å². The molecule has 2 saturated carbocycles. The predicted molar refractivity (Wildman–Crippen MR) is 95.8 cm³/mol. The lowest BCUT2D eigenvalue weighted by Crippen LogP contribution is -2.51. The molecule has 5 atom stereocenters. The molecule has 0 aromatic rings. The Hall–Kier alpha value is -0.223. The summed E-state index contributed by atoms with van der Waals surface area (Å²) in [6.45, 7) is 15.1. The SMILES string of the molecule is CC(C)(C)[Si](C)(C)O[C@H]1CCC[C@@]2(C)[C@H]1CC[C@@H]2[C@](C)(F)C=O. The first kappa shape index (κ1) is 19.1. The molecule has 2 nitrogen and oxygen atoms in total. The second-order valence-corrected chi connectivity index (χ2v) is 14.6. The van der Waals surface area contributed by atoms with E-state index in [1.165, 1.54) is 6.92 Å². The molecule has 23 heavy (non-hydrogen) atoms.